The molecule has 1 aromatic carbocycles. The average molecular weight is 221 g/mol. The number of hydrogen-bond donors (Lipinski definition) is 0. The van der Waals surface area contributed by atoms with Gasteiger partial charge in [0.05, 0.1) is 19.3 Å². The summed E-state index contributed by atoms with van der Waals surface area (Å²) in [6, 6.07) is 4.97. The van der Waals surface area contributed by atoms with E-state index in [0.29, 0.717) is 36.5 Å². The summed E-state index contributed by atoms with van der Waals surface area (Å²) in [5.74, 6) is 1.10. The van der Waals surface area contributed by atoms with Crippen LogP contribution in [0.25, 0.3) is 0 Å². The topological polar surface area (TPSA) is 52.6 Å². The van der Waals surface area contributed by atoms with E-state index in [9.17, 15) is 9.59 Å². The van der Waals surface area contributed by atoms with Crippen molar-refractivity contribution in [3.63, 3.8) is 0 Å². The highest BCUT2D eigenvalue weighted by atomic mass is 16.5. The molecule has 0 saturated heterocycles. The van der Waals surface area contributed by atoms with Gasteiger partial charge in [0.25, 0.3) is 0 Å². The van der Waals surface area contributed by atoms with Gasteiger partial charge in [-0.3, -0.25) is 9.59 Å². The first kappa shape index (κ1) is 12.2. The summed E-state index contributed by atoms with van der Waals surface area (Å²) in [5, 5.41) is 0. The van der Waals surface area contributed by atoms with Crippen LogP contribution in [-0.4, -0.2) is 26.3 Å². The van der Waals surface area contributed by atoms with E-state index in [2.05, 4.69) is 0 Å². The van der Waals surface area contributed by atoms with E-state index in [1.54, 1.807) is 24.5 Å². The van der Waals surface area contributed by atoms with Gasteiger partial charge in [-0.2, -0.15) is 0 Å². The number of methoxy groups -OCH3 is 1. The molecule has 0 bridgehead atoms. The SMILES string of the molecule is COc1cc(OCCC[C]=O)ccc1C=O. The second kappa shape index (κ2) is 6.61. The predicted molar refractivity (Wildman–Crippen MR) is 58.8 cm³/mol. The Hall–Kier alpha value is -1.84. The van der Waals surface area contributed by atoms with Crippen LogP contribution in [0.1, 0.15) is 23.2 Å². The zero-order valence-corrected chi connectivity index (χ0v) is 9.06. The zero-order chi connectivity index (χ0) is 11.8. The highest BCUT2D eigenvalue weighted by Gasteiger charge is 2.03. The van der Waals surface area contributed by atoms with Crippen LogP contribution in [0.4, 0.5) is 0 Å². The summed E-state index contributed by atoms with van der Waals surface area (Å²) >= 11 is 0. The molecular weight excluding hydrogens is 208 g/mol. The van der Waals surface area contributed by atoms with E-state index >= 15 is 0 Å². The lowest BCUT2D eigenvalue weighted by Gasteiger charge is -2.08. The van der Waals surface area contributed by atoms with Gasteiger partial charge in [0.1, 0.15) is 11.5 Å². The Balaban J connectivity index is 2.60. The molecule has 16 heavy (non-hydrogen) atoms. The molecule has 0 atom stereocenters. The van der Waals surface area contributed by atoms with Crippen molar-refractivity contribution in [1.29, 1.82) is 0 Å². The molecule has 0 spiro atoms. The van der Waals surface area contributed by atoms with Crippen molar-refractivity contribution in [2.75, 3.05) is 13.7 Å². The molecule has 1 radical (unpaired) electrons. The summed E-state index contributed by atoms with van der Waals surface area (Å²) in [7, 11) is 1.49. The smallest absolute Gasteiger partial charge is 0.198 e. The number of hydrogen-bond acceptors (Lipinski definition) is 4. The maximum Gasteiger partial charge on any atom is 0.198 e. The lowest BCUT2D eigenvalue weighted by atomic mass is 10.2. The summed E-state index contributed by atoms with van der Waals surface area (Å²) < 4.78 is 10.4. The third kappa shape index (κ3) is 3.38. The molecule has 0 aliphatic carbocycles. The molecule has 0 amide bonds. The molecule has 4 heteroatoms. The van der Waals surface area contributed by atoms with E-state index in [1.807, 2.05) is 0 Å². The van der Waals surface area contributed by atoms with Gasteiger partial charge in [-0.25, -0.2) is 0 Å². The molecule has 85 valence electrons. The van der Waals surface area contributed by atoms with Crippen molar-refractivity contribution >= 4 is 12.6 Å². The first-order valence-corrected chi connectivity index (χ1v) is 4.93. The fourth-order valence-electron chi connectivity index (χ4n) is 1.21. The average Bonchev–Trinajstić information content (AvgIpc) is 2.34. The van der Waals surface area contributed by atoms with Crippen LogP contribution in [0.3, 0.4) is 0 Å². The maximum absolute atomic E-state index is 10.6. The van der Waals surface area contributed by atoms with Gasteiger partial charge in [0.2, 0.25) is 0 Å². The number of unbranched alkanes of at least 4 members (excludes halogenated alkanes) is 1. The van der Waals surface area contributed by atoms with Gasteiger partial charge >= 0.3 is 0 Å². The standard InChI is InChI=1S/C12H13O4/c1-15-12-8-11(5-4-10(12)9-14)16-7-3-2-6-13/h4-5,8-9H,2-3,7H2,1H3. The van der Waals surface area contributed by atoms with Crippen molar-refractivity contribution in [3.05, 3.63) is 23.8 Å². The zero-order valence-electron chi connectivity index (χ0n) is 9.06. The van der Waals surface area contributed by atoms with Gasteiger partial charge in [0.15, 0.2) is 12.6 Å². The van der Waals surface area contributed by atoms with Crippen molar-refractivity contribution in [2.24, 2.45) is 0 Å². The normalized spacial score (nSPS) is 9.56. The van der Waals surface area contributed by atoms with Crippen LogP contribution in [0, 0.1) is 0 Å². The van der Waals surface area contributed by atoms with Gasteiger partial charge in [-0.1, -0.05) is 0 Å². The Labute approximate surface area is 94.2 Å². The molecule has 0 saturated carbocycles. The van der Waals surface area contributed by atoms with E-state index in [0.717, 1.165) is 6.29 Å². The second-order valence-electron chi connectivity index (χ2n) is 3.12. The van der Waals surface area contributed by atoms with E-state index < -0.39 is 0 Å². The Morgan fingerprint density at radius 3 is 2.88 bits per heavy atom. The fourth-order valence-corrected chi connectivity index (χ4v) is 1.21. The lowest BCUT2D eigenvalue weighted by molar-refractivity contribution is 0.112. The monoisotopic (exact) mass is 221 g/mol. The number of ether oxygens (including phenoxy) is 2. The van der Waals surface area contributed by atoms with Crippen LogP contribution in [0.2, 0.25) is 0 Å². The Morgan fingerprint density at radius 1 is 1.44 bits per heavy atom. The Morgan fingerprint density at radius 2 is 2.25 bits per heavy atom. The highest BCUT2D eigenvalue weighted by molar-refractivity contribution is 5.79. The minimum atomic E-state index is 0.365. The molecule has 0 unspecified atom stereocenters. The van der Waals surface area contributed by atoms with Gasteiger partial charge in [-0.05, 0) is 18.6 Å². The van der Waals surface area contributed by atoms with Crippen molar-refractivity contribution in [2.45, 2.75) is 12.8 Å². The summed E-state index contributed by atoms with van der Waals surface area (Å²) in [6.07, 6.45) is 3.51. The molecule has 1 aromatic rings. The number of carbonyl (C=O) groups is 1. The third-order valence-electron chi connectivity index (χ3n) is 2.02. The van der Waals surface area contributed by atoms with E-state index in [1.165, 1.54) is 7.11 Å². The van der Waals surface area contributed by atoms with Crippen LogP contribution in [-0.2, 0) is 4.79 Å². The number of carbonyl (C=O) groups excluding carboxylic acids is 2. The van der Waals surface area contributed by atoms with E-state index in [-0.39, 0.29) is 0 Å². The van der Waals surface area contributed by atoms with Crippen molar-refractivity contribution < 1.29 is 19.1 Å². The summed E-state index contributed by atoms with van der Waals surface area (Å²) in [4.78, 5) is 20.6. The maximum atomic E-state index is 10.6. The van der Waals surface area contributed by atoms with Gasteiger partial charge in [0, 0.05) is 12.5 Å². The van der Waals surface area contributed by atoms with Crippen LogP contribution in [0.5, 0.6) is 11.5 Å². The summed E-state index contributed by atoms with van der Waals surface area (Å²) in [6.45, 7) is 0.443. The Kier molecular flexibility index (Phi) is 5.05. The minimum absolute atomic E-state index is 0.365. The molecular formula is C12H13O4. The fraction of sp³-hybridized carbons (Fsp3) is 0.333. The lowest BCUT2D eigenvalue weighted by Crippen LogP contribution is -1.98. The van der Waals surface area contributed by atoms with Gasteiger partial charge in [-0.15, -0.1) is 0 Å². The number of benzene rings is 1. The third-order valence-corrected chi connectivity index (χ3v) is 2.02. The molecule has 0 aliphatic heterocycles. The molecule has 1 rings (SSSR count). The largest absolute Gasteiger partial charge is 0.496 e. The molecule has 0 aliphatic rings. The van der Waals surface area contributed by atoms with Crippen LogP contribution < -0.4 is 9.47 Å². The minimum Gasteiger partial charge on any atom is -0.496 e. The molecule has 0 heterocycles. The molecule has 4 nitrogen and oxygen atoms in total. The second-order valence-corrected chi connectivity index (χ2v) is 3.12. The molecule has 0 fully saturated rings. The highest BCUT2D eigenvalue weighted by Crippen LogP contribution is 2.23. The Bertz CT molecular complexity index is 360. The predicted octanol–water partition coefficient (Wildman–Crippen LogP) is 1.78. The van der Waals surface area contributed by atoms with E-state index in [4.69, 9.17) is 9.47 Å². The molecule has 0 N–H and O–H groups in total. The number of aldehydes is 1. The quantitative estimate of drug-likeness (QED) is 0.520. The first-order valence-electron chi connectivity index (χ1n) is 4.93. The number of rotatable bonds is 7. The van der Waals surface area contributed by atoms with Crippen molar-refractivity contribution in [3.8, 4) is 11.5 Å². The molecule has 0 aromatic heterocycles. The van der Waals surface area contributed by atoms with Crippen LogP contribution >= 0.6 is 0 Å². The van der Waals surface area contributed by atoms with Crippen LogP contribution in [0.15, 0.2) is 18.2 Å². The first-order chi connectivity index (χ1) is 7.81. The summed E-state index contributed by atoms with van der Waals surface area (Å²) in [5.41, 5.74) is 0.482. The van der Waals surface area contributed by atoms with Crippen molar-refractivity contribution in [1.82, 2.24) is 0 Å². The van der Waals surface area contributed by atoms with Gasteiger partial charge < -0.3 is 9.47 Å².